The van der Waals surface area contributed by atoms with E-state index in [4.69, 9.17) is 10.00 Å². The lowest BCUT2D eigenvalue weighted by Crippen LogP contribution is -1.96. The molecule has 0 fully saturated rings. The van der Waals surface area contributed by atoms with Gasteiger partial charge in [-0.2, -0.15) is 5.26 Å². The van der Waals surface area contributed by atoms with Gasteiger partial charge in [-0.05, 0) is 35.7 Å². The lowest BCUT2D eigenvalue weighted by molar-refractivity contribution is 0.294. The van der Waals surface area contributed by atoms with E-state index in [0.29, 0.717) is 18.1 Å². The minimum Gasteiger partial charge on any atom is -0.473 e. The highest BCUT2D eigenvalue weighted by atomic mass is 16.5. The largest absolute Gasteiger partial charge is 0.473 e. The van der Waals surface area contributed by atoms with E-state index in [2.05, 4.69) is 11.1 Å². The fourth-order valence-electron chi connectivity index (χ4n) is 2.34. The molecule has 3 heteroatoms. The first-order chi connectivity index (χ1) is 11.3. The van der Waals surface area contributed by atoms with Crippen molar-refractivity contribution >= 4 is 0 Å². The van der Waals surface area contributed by atoms with Crippen molar-refractivity contribution in [2.24, 2.45) is 0 Å². The third-order valence-corrected chi connectivity index (χ3v) is 3.65. The number of aryl methyl sites for hydroxylation is 1. The van der Waals surface area contributed by atoms with Crippen LogP contribution in [0.2, 0.25) is 0 Å². The van der Waals surface area contributed by atoms with E-state index >= 15 is 0 Å². The maximum atomic E-state index is 8.99. The van der Waals surface area contributed by atoms with Crippen molar-refractivity contribution < 1.29 is 4.74 Å². The van der Waals surface area contributed by atoms with Gasteiger partial charge in [0.25, 0.3) is 0 Å². The van der Waals surface area contributed by atoms with E-state index in [-0.39, 0.29) is 0 Å². The van der Waals surface area contributed by atoms with Crippen LogP contribution in [0.3, 0.4) is 0 Å². The highest BCUT2D eigenvalue weighted by Crippen LogP contribution is 2.23. The molecule has 0 aliphatic heterocycles. The molecule has 0 aliphatic rings. The Kier molecular flexibility index (Phi) is 4.35. The lowest BCUT2D eigenvalue weighted by Gasteiger charge is -2.07. The fraction of sp³-hybridized carbons (Fsp3) is 0.100. The molecule has 0 unspecified atom stereocenters. The van der Waals surface area contributed by atoms with Gasteiger partial charge < -0.3 is 4.74 Å². The monoisotopic (exact) mass is 300 g/mol. The third kappa shape index (κ3) is 3.56. The number of hydrogen-bond donors (Lipinski definition) is 0. The smallest absolute Gasteiger partial charge is 0.213 e. The second-order valence-electron chi connectivity index (χ2n) is 5.30. The zero-order valence-electron chi connectivity index (χ0n) is 12.9. The first kappa shape index (κ1) is 14.8. The predicted octanol–water partition coefficient (Wildman–Crippen LogP) is 4.51. The zero-order valence-corrected chi connectivity index (χ0v) is 12.9. The Morgan fingerprint density at radius 1 is 1.00 bits per heavy atom. The quantitative estimate of drug-likeness (QED) is 0.712. The topological polar surface area (TPSA) is 45.9 Å². The predicted molar refractivity (Wildman–Crippen MR) is 89.9 cm³/mol. The summed E-state index contributed by atoms with van der Waals surface area (Å²) in [6.07, 6.45) is 1.79. The van der Waals surface area contributed by atoms with Crippen LogP contribution >= 0.6 is 0 Å². The lowest BCUT2D eigenvalue weighted by atomic mass is 10.0. The van der Waals surface area contributed by atoms with Gasteiger partial charge in [-0.15, -0.1) is 0 Å². The van der Waals surface area contributed by atoms with Crippen LogP contribution in [0.1, 0.15) is 16.7 Å². The zero-order chi connectivity index (χ0) is 16.1. The van der Waals surface area contributed by atoms with Crippen molar-refractivity contribution in [1.29, 1.82) is 5.26 Å². The van der Waals surface area contributed by atoms with Gasteiger partial charge >= 0.3 is 0 Å². The van der Waals surface area contributed by atoms with Crippen molar-refractivity contribution in [3.05, 3.63) is 83.6 Å². The van der Waals surface area contributed by atoms with E-state index < -0.39 is 0 Å². The van der Waals surface area contributed by atoms with Crippen molar-refractivity contribution in [3.8, 4) is 23.1 Å². The van der Waals surface area contributed by atoms with Crippen LogP contribution in [0.4, 0.5) is 0 Å². The summed E-state index contributed by atoms with van der Waals surface area (Å²) in [5, 5.41) is 8.99. The molecule has 0 saturated carbocycles. The van der Waals surface area contributed by atoms with Crippen LogP contribution in [0, 0.1) is 18.3 Å². The van der Waals surface area contributed by atoms with E-state index in [1.807, 2.05) is 67.6 Å². The molecular weight excluding hydrogens is 284 g/mol. The first-order valence-corrected chi connectivity index (χ1v) is 7.40. The standard InChI is InChI=1S/C20H16N2O/c1-15-11-17(7-8-18(15)12-21)19-9-10-20(22-13-19)23-14-16-5-3-2-4-6-16/h2-11,13H,14H2,1H3. The summed E-state index contributed by atoms with van der Waals surface area (Å²) < 4.78 is 5.69. The van der Waals surface area contributed by atoms with Crippen LogP contribution < -0.4 is 4.74 Å². The molecule has 112 valence electrons. The summed E-state index contributed by atoms with van der Waals surface area (Å²) in [7, 11) is 0. The Labute approximate surface area is 135 Å². The Morgan fingerprint density at radius 2 is 1.78 bits per heavy atom. The van der Waals surface area contributed by atoms with Crippen LogP contribution in [-0.2, 0) is 6.61 Å². The summed E-state index contributed by atoms with van der Waals surface area (Å²) in [5.41, 5.74) is 4.83. The molecule has 3 aromatic rings. The highest BCUT2D eigenvalue weighted by molar-refractivity contribution is 5.65. The Hall–Kier alpha value is -3.12. The molecule has 0 aliphatic carbocycles. The molecule has 0 amide bonds. The summed E-state index contributed by atoms with van der Waals surface area (Å²) in [6.45, 7) is 2.44. The van der Waals surface area contributed by atoms with Crippen LogP contribution in [0.25, 0.3) is 11.1 Å². The molecule has 0 saturated heterocycles. The third-order valence-electron chi connectivity index (χ3n) is 3.65. The summed E-state index contributed by atoms with van der Waals surface area (Å²) in [5.74, 6) is 0.600. The van der Waals surface area contributed by atoms with E-state index in [1.54, 1.807) is 6.20 Å². The van der Waals surface area contributed by atoms with Crippen molar-refractivity contribution in [3.63, 3.8) is 0 Å². The Bertz CT molecular complexity index is 834. The van der Waals surface area contributed by atoms with Gasteiger partial charge in [-0.3, -0.25) is 0 Å². The SMILES string of the molecule is Cc1cc(-c2ccc(OCc3ccccc3)nc2)ccc1C#N. The first-order valence-electron chi connectivity index (χ1n) is 7.40. The normalized spacial score (nSPS) is 10.1. The number of hydrogen-bond acceptors (Lipinski definition) is 3. The van der Waals surface area contributed by atoms with Crippen molar-refractivity contribution in [2.75, 3.05) is 0 Å². The number of nitrogens with zero attached hydrogens (tertiary/aromatic N) is 2. The molecule has 1 heterocycles. The molecule has 0 bridgehead atoms. The minimum absolute atomic E-state index is 0.503. The number of rotatable bonds is 4. The molecule has 0 atom stereocenters. The van der Waals surface area contributed by atoms with Crippen molar-refractivity contribution in [2.45, 2.75) is 13.5 Å². The second-order valence-corrected chi connectivity index (χ2v) is 5.30. The van der Waals surface area contributed by atoms with Crippen LogP contribution in [0.5, 0.6) is 5.88 Å². The molecule has 3 nitrogen and oxygen atoms in total. The number of aromatic nitrogens is 1. The van der Waals surface area contributed by atoms with Gasteiger partial charge in [0, 0.05) is 17.8 Å². The molecule has 23 heavy (non-hydrogen) atoms. The molecule has 0 spiro atoms. The number of ether oxygens (including phenoxy) is 1. The van der Waals surface area contributed by atoms with E-state index in [1.165, 1.54) is 0 Å². The molecular formula is C20H16N2O. The maximum Gasteiger partial charge on any atom is 0.213 e. The maximum absolute atomic E-state index is 8.99. The van der Waals surface area contributed by atoms with Crippen molar-refractivity contribution in [1.82, 2.24) is 4.98 Å². The highest BCUT2D eigenvalue weighted by Gasteiger charge is 2.03. The van der Waals surface area contributed by atoms with E-state index in [9.17, 15) is 0 Å². The van der Waals surface area contributed by atoms with Gasteiger partial charge in [-0.25, -0.2) is 4.98 Å². The van der Waals surface area contributed by atoms with Gasteiger partial charge in [0.2, 0.25) is 5.88 Å². The van der Waals surface area contributed by atoms with Gasteiger partial charge in [-0.1, -0.05) is 42.5 Å². The fourth-order valence-corrected chi connectivity index (χ4v) is 2.34. The van der Waals surface area contributed by atoms with Gasteiger partial charge in [0.05, 0.1) is 11.6 Å². The molecule has 2 aromatic carbocycles. The second kappa shape index (κ2) is 6.76. The summed E-state index contributed by atoms with van der Waals surface area (Å²) in [6, 6.07) is 21.8. The average Bonchev–Trinajstić information content (AvgIpc) is 2.61. The molecule has 1 aromatic heterocycles. The van der Waals surface area contributed by atoms with Gasteiger partial charge in [0.15, 0.2) is 0 Å². The molecule has 3 rings (SSSR count). The minimum atomic E-state index is 0.503. The molecule has 0 radical (unpaired) electrons. The Balaban J connectivity index is 1.72. The van der Waals surface area contributed by atoms with Crippen LogP contribution in [0.15, 0.2) is 66.9 Å². The number of pyridine rings is 1. The average molecular weight is 300 g/mol. The molecule has 0 N–H and O–H groups in total. The number of benzene rings is 2. The van der Waals surface area contributed by atoms with E-state index in [0.717, 1.165) is 22.3 Å². The van der Waals surface area contributed by atoms with Crippen LogP contribution in [-0.4, -0.2) is 4.98 Å². The van der Waals surface area contributed by atoms with Gasteiger partial charge in [0.1, 0.15) is 6.61 Å². The number of nitriles is 1. The Morgan fingerprint density at radius 3 is 2.43 bits per heavy atom. The summed E-state index contributed by atoms with van der Waals surface area (Å²) in [4.78, 5) is 4.36. The summed E-state index contributed by atoms with van der Waals surface area (Å²) >= 11 is 0.